The molecule has 0 radical (unpaired) electrons. The molecule has 0 unspecified atom stereocenters. The Morgan fingerprint density at radius 1 is 1.33 bits per heavy atom. The van der Waals surface area contributed by atoms with E-state index in [1.54, 1.807) is 0 Å². The fraction of sp³-hybridized carbons (Fsp3) is 0.714. The van der Waals surface area contributed by atoms with Crippen molar-refractivity contribution in [2.45, 2.75) is 60.4 Å². The van der Waals surface area contributed by atoms with Crippen LogP contribution in [0.5, 0.6) is 0 Å². The van der Waals surface area contributed by atoms with E-state index in [1.807, 2.05) is 4.68 Å². The van der Waals surface area contributed by atoms with Crippen LogP contribution in [0.15, 0.2) is 4.47 Å². The zero-order valence-electron chi connectivity index (χ0n) is 12.0. The van der Waals surface area contributed by atoms with Crippen molar-refractivity contribution in [3.05, 3.63) is 15.9 Å². The molecule has 0 atom stereocenters. The highest BCUT2D eigenvalue weighted by Gasteiger charge is 2.20. The van der Waals surface area contributed by atoms with Gasteiger partial charge in [0.25, 0.3) is 0 Å². The molecule has 0 N–H and O–H groups in total. The second-order valence-corrected chi connectivity index (χ2v) is 6.62. The predicted molar refractivity (Wildman–Crippen MR) is 77.8 cm³/mol. The summed E-state index contributed by atoms with van der Waals surface area (Å²) in [5.74, 6) is 0.278. The third-order valence-electron chi connectivity index (χ3n) is 2.79. The van der Waals surface area contributed by atoms with Gasteiger partial charge in [-0.15, -0.1) is 0 Å². The van der Waals surface area contributed by atoms with Crippen LogP contribution in [0.25, 0.3) is 0 Å². The van der Waals surface area contributed by atoms with Crippen molar-refractivity contribution >= 4 is 21.7 Å². The number of hydrogen-bond acceptors (Lipinski definition) is 2. The molecule has 18 heavy (non-hydrogen) atoms. The molecule has 3 nitrogen and oxygen atoms in total. The van der Waals surface area contributed by atoms with Crippen LogP contribution < -0.4 is 0 Å². The third-order valence-corrected chi connectivity index (χ3v) is 3.70. The molecule has 0 aromatic carbocycles. The fourth-order valence-corrected chi connectivity index (χ4v) is 2.73. The first-order valence-electron chi connectivity index (χ1n) is 6.54. The van der Waals surface area contributed by atoms with Gasteiger partial charge >= 0.3 is 0 Å². The molecule has 1 aromatic rings. The summed E-state index contributed by atoms with van der Waals surface area (Å²) >= 11 is 3.58. The molecule has 102 valence electrons. The Labute approximate surface area is 118 Å². The van der Waals surface area contributed by atoms with Crippen LogP contribution in [0.4, 0.5) is 0 Å². The Kier molecular flexibility index (Phi) is 5.14. The largest absolute Gasteiger partial charge is 0.299 e. The first-order valence-corrected chi connectivity index (χ1v) is 7.33. The lowest BCUT2D eigenvalue weighted by atomic mass is 9.89. The maximum Gasteiger partial charge on any atom is 0.139 e. The van der Waals surface area contributed by atoms with Crippen LogP contribution in [0.2, 0.25) is 0 Å². The summed E-state index contributed by atoms with van der Waals surface area (Å²) in [6, 6.07) is 0. The quantitative estimate of drug-likeness (QED) is 0.829. The summed E-state index contributed by atoms with van der Waals surface area (Å²) in [7, 11) is 0. The Morgan fingerprint density at radius 3 is 2.39 bits per heavy atom. The number of carbonyl (C=O) groups excluding carboxylic acids is 1. The van der Waals surface area contributed by atoms with Crippen molar-refractivity contribution in [2.75, 3.05) is 0 Å². The lowest BCUT2D eigenvalue weighted by molar-refractivity contribution is -0.120. The fourth-order valence-electron chi connectivity index (χ4n) is 2.03. The van der Waals surface area contributed by atoms with Crippen LogP contribution in [0.1, 0.15) is 52.4 Å². The highest BCUT2D eigenvalue weighted by molar-refractivity contribution is 9.10. The number of aryl methyl sites for hydroxylation is 2. The molecule has 0 aliphatic carbocycles. The van der Waals surface area contributed by atoms with Crippen molar-refractivity contribution in [1.82, 2.24) is 9.78 Å². The third kappa shape index (κ3) is 3.94. The van der Waals surface area contributed by atoms with Gasteiger partial charge in [-0.25, -0.2) is 0 Å². The first kappa shape index (κ1) is 15.4. The molecule has 0 aliphatic rings. The van der Waals surface area contributed by atoms with E-state index in [4.69, 9.17) is 0 Å². The van der Waals surface area contributed by atoms with Gasteiger partial charge in [0.15, 0.2) is 0 Å². The molecule has 0 saturated heterocycles. The normalized spacial score (nSPS) is 11.9. The lowest BCUT2D eigenvalue weighted by Gasteiger charge is -2.16. The van der Waals surface area contributed by atoms with Crippen LogP contribution in [-0.4, -0.2) is 15.6 Å². The van der Waals surface area contributed by atoms with E-state index in [1.165, 1.54) is 0 Å². The van der Waals surface area contributed by atoms with E-state index in [0.717, 1.165) is 28.8 Å². The SMILES string of the molecule is CCc1nn(CC)c(CC(=O)CC(C)(C)C)c1Br. The first-order chi connectivity index (χ1) is 8.28. The zero-order valence-corrected chi connectivity index (χ0v) is 13.6. The van der Waals surface area contributed by atoms with Gasteiger partial charge in [-0.3, -0.25) is 9.48 Å². The summed E-state index contributed by atoms with van der Waals surface area (Å²) in [6.45, 7) is 11.2. The van der Waals surface area contributed by atoms with Gasteiger partial charge in [-0.1, -0.05) is 27.7 Å². The highest BCUT2D eigenvalue weighted by Crippen LogP contribution is 2.25. The number of rotatable bonds is 5. The standard InChI is InChI=1S/C14H23BrN2O/c1-6-11-13(15)12(17(7-2)16-11)8-10(18)9-14(3,4)5/h6-9H2,1-5H3. The molecule has 4 heteroatoms. The minimum Gasteiger partial charge on any atom is -0.299 e. The Balaban J connectivity index is 2.90. The number of hydrogen-bond donors (Lipinski definition) is 0. The second kappa shape index (κ2) is 6.00. The Bertz CT molecular complexity index is 430. The van der Waals surface area contributed by atoms with Crippen LogP contribution in [0, 0.1) is 5.41 Å². The van der Waals surface area contributed by atoms with E-state index >= 15 is 0 Å². The molecule has 0 fully saturated rings. The number of ketones is 1. The van der Waals surface area contributed by atoms with Gasteiger partial charge in [0.2, 0.25) is 0 Å². The molecule has 0 amide bonds. The van der Waals surface area contributed by atoms with Crippen molar-refractivity contribution < 1.29 is 4.79 Å². The van der Waals surface area contributed by atoms with Gasteiger partial charge in [-0.05, 0) is 34.7 Å². The molecule has 0 spiro atoms. The minimum absolute atomic E-state index is 0.0498. The summed E-state index contributed by atoms with van der Waals surface area (Å²) in [5, 5.41) is 4.51. The van der Waals surface area contributed by atoms with Crippen LogP contribution in [-0.2, 0) is 24.2 Å². The number of carbonyl (C=O) groups is 1. The van der Waals surface area contributed by atoms with E-state index in [0.29, 0.717) is 12.8 Å². The average molecular weight is 315 g/mol. The van der Waals surface area contributed by atoms with Gasteiger partial charge in [0.1, 0.15) is 5.78 Å². The number of nitrogens with zero attached hydrogens (tertiary/aromatic N) is 2. The van der Waals surface area contributed by atoms with E-state index in [-0.39, 0.29) is 11.2 Å². The zero-order chi connectivity index (χ0) is 13.9. The Hall–Kier alpha value is -0.640. The van der Waals surface area contributed by atoms with E-state index in [2.05, 4.69) is 55.6 Å². The van der Waals surface area contributed by atoms with E-state index in [9.17, 15) is 4.79 Å². The summed E-state index contributed by atoms with van der Waals surface area (Å²) in [4.78, 5) is 12.1. The number of aromatic nitrogens is 2. The summed E-state index contributed by atoms with van der Waals surface area (Å²) in [6.07, 6.45) is 1.96. The van der Waals surface area contributed by atoms with Crippen molar-refractivity contribution in [1.29, 1.82) is 0 Å². The average Bonchev–Trinajstić information content (AvgIpc) is 2.53. The van der Waals surface area contributed by atoms with Crippen molar-refractivity contribution in [3.63, 3.8) is 0 Å². The molecule has 1 rings (SSSR count). The van der Waals surface area contributed by atoms with Gasteiger partial charge in [0, 0.05) is 19.4 Å². The van der Waals surface area contributed by atoms with Crippen LogP contribution in [0.3, 0.4) is 0 Å². The van der Waals surface area contributed by atoms with E-state index < -0.39 is 0 Å². The maximum atomic E-state index is 12.1. The second-order valence-electron chi connectivity index (χ2n) is 5.83. The smallest absolute Gasteiger partial charge is 0.139 e. The van der Waals surface area contributed by atoms with Crippen molar-refractivity contribution in [3.8, 4) is 0 Å². The van der Waals surface area contributed by atoms with Crippen molar-refractivity contribution in [2.24, 2.45) is 5.41 Å². The van der Waals surface area contributed by atoms with Gasteiger partial charge in [-0.2, -0.15) is 5.10 Å². The van der Waals surface area contributed by atoms with Gasteiger partial charge < -0.3 is 0 Å². The summed E-state index contributed by atoms with van der Waals surface area (Å²) < 4.78 is 2.94. The maximum absolute atomic E-state index is 12.1. The lowest BCUT2D eigenvalue weighted by Crippen LogP contribution is -2.16. The molecular formula is C14H23BrN2O. The molecule has 0 saturated carbocycles. The highest BCUT2D eigenvalue weighted by atomic mass is 79.9. The number of Topliss-reactive ketones (excluding diaryl/α,β-unsaturated/α-hetero) is 1. The topological polar surface area (TPSA) is 34.9 Å². The van der Waals surface area contributed by atoms with Gasteiger partial charge in [0.05, 0.1) is 15.9 Å². The Morgan fingerprint density at radius 2 is 1.94 bits per heavy atom. The predicted octanol–water partition coefficient (Wildman–Crippen LogP) is 3.78. The molecule has 1 heterocycles. The molecule has 0 aliphatic heterocycles. The minimum atomic E-state index is 0.0498. The molecule has 0 bridgehead atoms. The summed E-state index contributed by atoms with van der Waals surface area (Å²) in [5.41, 5.74) is 2.10. The van der Waals surface area contributed by atoms with Crippen LogP contribution >= 0.6 is 15.9 Å². The molecular weight excluding hydrogens is 292 g/mol. The monoisotopic (exact) mass is 314 g/mol. The number of halogens is 1. The molecule has 1 aromatic heterocycles.